The normalized spacial score (nSPS) is 21.7. The first-order chi connectivity index (χ1) is 7.18. The van der Waals surface area contributed by atoms with Crippen LogP contribution in [0.25, 0.3) is 0 Å². The summed E-state index contributed by atoms with van der Waals surface area (Å²) in [4.78, 5) is 3.84. The second-order valence-corrected chi connectivity index (χ2v) is 5.78. The molecule has 2 heterocycles. The third-order valence-corrected chi connectivity index (χ3v) is 4.37. The molecule has 0 atom stereocenters. The molecule has 0 unspecified atom stereocenters. The maximum absolute atomic E-state index is 6.42. The van der Waals surface area contributed by atoms with Crippen LogP contribution in [0, 0.1) is 0 Å². The van der Waals surface area contributed by atoms with Gasteiger partial charge in [0.1, 0.15) is 0 Å². The lowest BCUT2D eigenvalue weighted by atomic mass is 9.84. The predicted octanol–water partition coefficient (Wildman–Crippen LogP) is 2.10. The molecule has 1 aliphatic rings. The summed E-state index contributed by atoms with van der Waals surface area (Å²) in [6.07, 6.45) is 4.59. The SMILES string of the molecule is CN1CCC(N)(CCc2cccs2)CC1. The van der Waals surface area contributed by atoms with Gasteiger partial charge in [0.05, 0.1) is 0 Å². The minimum absolute atomic E-state index is 0.0938. The van der Waals surface area contributed by atoms with E-state index in [9.17, 15) is 0 Å². The zero-order valence-corrected chi connectivity index (χ0v) is 10.2. The van der Waals surface area contributed by atoms with Crippen molar-refractivity contribution in [3.05, 3.63) is 22.4 Å². The van der Waals surface area contributed by atoms with Crippen molar-refractivity contribution >= 4 is 11.3 Å². The fraction of sp³-hybridized carbons (Fsp3) is 0.667. The molecule has 1 saturated heterocycles. The Bertz CT molecular complexity index is 287. The van der Waals surface area contributed by atoms with Gasteiger partial charge < -0.3 is 10.6 Å². The molecular formula is C12H20N2S. The molecule has 1 aromatic heterocycles. The Morgan fingerprint density at radius 1 is 1.47 bits per heavy atom. The van der Waals surface area contributed by atoms with Crippen molar-refractivity contribution in [3.63, 3.8) is 0 Å². The van der Waals surface area contributed by atoms with Crippen molar-refractivity contribution in [2.75, 3.05) is 20.1 Å². The monoisotopic (exact) mass is 224 g/mol. The summed E-state index contributed by atoms with van der Waals surface area (Å²) in [5.41, 5.74) is 6.51. The number of nitrogens with two attached hydrogens (primary N) is 1. The van der Waals surface area contributed by atoms with Crippen LogP contribution in [0.1, 0.15) is 24.1 Å². The van der Waals surface area contributed by atoms with Gasteiger partial charge in [-0.15, -0.1) is 11.3 Å². The molecule has 0 radical (unpaired) electrons. The number of nitrogens with zero attached hydrogens (tertiary/aromatic N) is 1. The molecule has 84 valence electrons. The van der Waals surface area contributed by atoms with Crippen LogP contribution in [0.15, 0.2) is 17.5 Å². The number of aryl methyl sites for hydroxylation is 1. The highest BCUT2D eigenvalue weighted by atomic mass is 32.1. The van der Waals surface area contributed by atoms with E-state index >= 15 is 0 Å². The molecule has 0 amide bonds. The number of thiophene rings is 1. The molecule has 0 bridgehead atoms. The Labute approximate surface area is 96.1 Å². The van der Waals surface area contributed by atoms with Crippen molar-refractivity contribution in [2.24, 2.45) is 5.73 Å². The van der Waals surface area contributed by atoms with Crippen LogP contribution < -0.4 is 5.73 Å². The molecular weight excluding hydrogens is 204 g/mol. The van der Waals surface area contributed by atoms with E-state index in [1.54, 1.807) is 0 Å². The lowest BCUT2D eigenvalue weighted by Gasteiger charge is -2.37. The van der Waals surface area contributed by atoms with Crippen LogP contribution >= 0.6 is 11.3 Å². The first kappa shape index (κ1) is 11.1. The number of likely N-dealkylation sites (tertiary alicyclic amines) is 1. The number of hydrogen-bond donors (Lipinski definition) is 1. The third kappa shape index (κ3) is 3.03. The van der Waals surface area contributed by atoms with Crippen molar-refractivity contribution in [1.82, 2.24) is 4.90 Å². The maximum Gasteiger partial charge on any atom is 0.0182 e. The minimum atomic E-state index is 0.0938. The van der Waals surface area contributed by atoms with Gasteiger partial charge in [0.2, 0.25) is 0 Å². The Morgan fingerprint density at radius 3 is 2.80 bits per heavy atom. The highest BCUT2D eigenvalue weighted by molar-refractivity contribution is 7.09. The molecule has 1 fully saturated rings. The predicted molar refractivity (Wildman–Crippen MR) is 66.3 cm³/mol. The number of piperidine rings is 1. The fourth-order valence-corrected chi connectivity index (χ4v) is 2.85. The van der Waals surface area contributed by atoms with E-state index in [1.807, 2.05) is 11.3 Å². The van der Waals surface area contributed by atoms with Gasteiger partial charge >= 0.3 is 0 Å². The summed E-state index contributed by atoms with van der Waals surface area (Å²) < 4.78 is 0. The van der Waals surface area contributed by atoms with Gasteiger partial charge in [-0.2, -0.15) is 0 Å². The number of rotatable bonds is 3. The third-order valence-electron chi connectivity index (χ3n) is 3.43. The van der Waals surface area contributed by atoms with Gasteiger partial charge in [0, 0.05) is 10.4 Å². The van der Waals surface area contributed by atoms with Crippen LogP contribution in [-0.4, -0.2) is 30.6 Å². The van der Waals surface area contributed by atoms with Crippen molar-refractivity contribution in [2.45, 2.75) is 31.2 Å². The Hall–Kier alpha value is -0.380. The minimum Gasteiger partial charge on any atom is -0.325 e. The highest BCUT2D eigenvalue weighted by Crippen LogP contribution is 2.25. The van der Waals surface area contributed by atoms with Crippen LogP contribution in [-0.2, 0) is 6.42 Å². The Balaban J connectivity index is 1.83. The average Bonchev–Trinajstić information content (AvgIpc) is 2.73. The summed E-state index contributed by atoms with van der Waals surface area (Å²) >= 11 is 1.84. The Kier molecular flexibility index (Phi) is 3.44. The van der Waals surface area contributed by atoms with Crippen LogP contribution in [0.5, 0.6) is 0 Å². The number of hydrogen-bond acceptors (Lipinski definition) is 3. The molecule has 0 aromatic carbocycles. The summed E-state index contributed by atoms with van der Waals surface area (Å²) in [5.74, 6) is 0. The first-order valence-corrected chi connectivity index (χ1v) is 6.56. The van der Waals surface area contributed by atoms with Crippen LogP contribution in [0.3, 0.4) is 0 Å². The summed E-state index contributed by atoms with van der Waals surface area (Å²) in [5, 5.41) is 2.15. The maximum atomic E-state index is 6.42. The fourth-order valence-electron chi connectivity index (χ4n) is 2.14. The average molecular weight is 224 g/mol. The van der Waals surface area contributed by atoms with Crippen molar-refractivity contribution < 1.29 is 0 Å². The van der Waals surface area contributed by atoms with E-state index in [-0.39, 0.29) is 5.54 Å². The zero-order chi connectivity index (χ0) is 10.7. The Morgan fingerprint density at radius 2 is 2.20 bits per heavy atom. The summed E-state index contributed by atoms with van der Waals surface area (Å²) in [7, 11) is 2.18. The van der Waals surface area contributed by atoms with E-state index in [1.165, 1.54) is 4.88 Å². The summed E-state index contributed by atoms with van der Waals surface area (Å²) in [6.45, 7) is 2.31. The van der Waals surface area contributed by atoms with Crippen LogP contribution in [0.4, 0.5) is 0 Å². The molecule has 3 heteroatoms. The topological polar surface area (TPSA) is 29.3 Å². The largest absolute Gasteiger partial charge is 0.325 e. The van der Waals surface area contributed by atoms with E-state index in [0.29, 0.717) is 0 Å². The second-order valence-electron chi connectivity index (χ2n) is 4.75. The van der Waals surface area contributed by atoms with Gasteiger partial charge in [0.15, 0.2) is 0 Å². The van der Waals surface area contributed by atoms with Gasteiger partial charge in [-0.1, -0.05) is 6.07 Å². The standard InChI is InChI=1S/C12H20N2S/c1-14-8-6-12(13,7-9-14)5-4-11-3-2-10-15-11/h2-3,10H,4-9,13H2,1H3. The molecule has 0 saturated carbocycles. The molecule has 2 N–H and O–H groups in total. The smallest absolute Gasteiger partial charge is 0.0182 e. The molecule has 1 aromatic rings. The molecule has 0 spiro atoms. The first-order valence-electron chi connectivity index (χ1n) is 5.68. The van der Waals surface area contributed by atoms with E-state index in [0.717, 1.165) is 38.8 Å². The highest BCUT2D eigenvalue weighted by Gasteiger charge is 2.28. The van der Waals surface area contributed by atoms with Gasteiger partial charge in [0.25, 0.3) is 0 Å². The zero-order valence-electron chi connectivity index (χ0n) is 9.41. The lowest BCUT2D eigenvalue weighted by Crippen LogP contribution is -2.49. The molecule has 2 rings (SSSR count). The van der Waals surface area contributed by atoms with Crippen LogP contribution in [0.2, 0.25) is 0 Å². The lowest BCUT2D eigenvalue weighted by molar-refractivity contribution is 0.183. The summed E-state index contributed by atoms with van der Waals surface area (Å²) in [6, 6.07) is 4.33. The van der Waals surface area contributed by atoms with E-state index in [2.05, 4.69) is 29.5 Å². The molecule has 2 nitrogen and oxygen atoms in total. The molecule has 1 aliphatic heterocycles. The molecule has 15 heavy (non-hydrogen) atoms. The van der Waals surface area contributed by atoms with Gasteiger partial charge in [-0.25, -0.2) is 0 Å². The van der Waals surface area contributed by atoms with E-state index in [4.69, 9.17) is 5.73 Å². The van der Waals surface area contributed by atoms with E-state index < -0.39 is 0 Å². The quantitative estimate of drug-likeness (QED) is 0.852. The van der Waals surface area contributed by atoms with Gasteiger partial charge in [-0.05, 0) is 57.3 Å². The van der Waals surface area contributed by atoms with Gasteiger partial charge in [-0.3, -0.25) is 0 Å². The second kappa shape index (κ2) is 4.64. The van der Waals surface area contributed by atoms with Crippen molar-refractivity contribution in [1.29, 1.82) is 0 Å². The van der Waals surface area contributed by atoms with Crippen molar-refractivity contribution in [3.8, 4) is 0 Å². The molecule has 0 aliphatic carbocycles.